The molecule has 0 radical (unpaired) electrons. The molecular formula is C23H20ClFN2O. The van der Waals surface area contributed by atoms with E-state index in [4.69, 9.17) is 16.3 Å². The van der Waals surface area contributed by atoms with Crippen LogP contribution in [0.3, 0.4) is 0 Å². The van der Waals surface area contributed by atoms with Gasteiger partial charge >= 0.3 is 0 Å². The molecule has 0 saturated carbocycles. The molecule has 2 heterocycles. The van der Waals surface area contributed by atoms with Crippen molar-refractivity contribution >= 4 is 22.5 Å². The summed E-state index contributed by atoms with van der Waals surface area (Å²) in [7, 11) is 0. The predicted octanol–water partition coefficient (Wildman–Crippen LogP) is 6.07. The molecule has 5 heteroatoms. The summed E-state index contributed by atoms with van der Waals surface area (Å²) in [6, 6.07) is 16.1. The van der Waals surface area contributed by atoms with Gasteiger partial charge in [0.2, 0.25) is 0 Å². The van der Waals surface area contributed by atoms with Crippen LogP contribution in [0.25, 0.3) is 10.9 Å². The smallest absolute Gasteiger partial charge is 0.132 e. The second kappa shape index (κ2) is 7.64. The van der Waals surface area contributed by atoms with Gasteiger partial charge in [-0.3, -0.25) is 4.98 Å². The monoisotopic (exact) mass is 394 g/mol. The molecule has 0 aliphatic carbocycles. The van der Waals surface area contributed by atoms with Crippen molar-refractivity contribution in [2.24, 2.45) is 0 Å². The van der Waals surface area contributed by atoms with Crippen molar-refractivity contribution in [1.82, 2.24) is 9.55 Å². The number of aryl methyl sites for hydroxylation is 1. The first-order valence-electron chi connectivity index (χ1n) is 9.09. The normalized spacial score (nSPS) is 11.1. The van der Waals surface area contributed by atoms with Gasteiger partial charge in [0.25, 0.3) is 0 Å². The average molecular weight is 395 g/mol. The van der Waals surface area contributed by atoms with E-state index in [0.717, 1.165) is 28.0 Å². The molecule has 4 aromatic rings. The number of aromatic nitrogens is 2. The van der Waals surface area contributed by atoms with Crippen LogP contribution in [-0.2, 0) is 13.2 Å². The number of fused-ring (bicyclic) bond motifs is 1. The average Bonchev–Trinajstić information content (AvgIpc) is 2.95. The van der Waals surface area contributed by atoms with E-state index in [1.54, 1.807) is 24.4 Å². The third-order valence-corrected chi connectivity index (χ3v) is 5.35. The van der Waals surface area contributed by atoms with Crippen LogP contribution in [0.4, 0.5) is 4.39 Å². The van der Waals surface area contributed by atoms with Crippen LogP contribution in [0.15, 0.2) is 60.8 Å². The molecule has 0 amide bonds. The van der Waals surface area contributed by atoms with Gasteiger partial charge in [0, 0.05) is 27.9 Å². The number of ether oxygens (including phenoxy) is 1. The Morgan fingerprint density at radius 2 is 1.79 bits per heavy atom. The van der Waals surface area contributed by atoms with E-state index in [2.05, 4.69) is 23.4 Å². The van der Waals surface area contributed by atoms with Crippen LogP contribution in [0, 0.1) is 19.7 Å². The largest absolute Gasteiger partial charge is 0.487 e. The van der Waals surface area contributed by atoms with Gasteiger partial charge in [0.15, 0.2) is 0 Å². The standard InChI is InChI=1S/C23H20ClFN2O/c1-15-16(2)27(13-17-5-3-4-6-21(17)25)23-20(15)11-12-26-22(23)14-28-19-9-7-18(24)8-10-19/h3-12H,13-14H2,1-2H3. The molecule has 2 aromatic carbocycles. The molecule has 0 aliphatic rings. The maximum atomic E-state index is 14.3. The minimum absolute atomic E-state index is 0.204. The summed E-state index contributed by atoms with van der Waals surface area (Å²) in [6.07, 6.45) is 1.79. The van der Waals surface area contributed by atoms with Crippen LogP contribution in [0.1, 0.15) is 22.5 Å². The molecule has 0 fully saturated rings. The third-order valence-electron chi connectivity index (χ3n) is 5.10. The number of halogens is 2. The molecule has 4 rings (SSSR count). The highest BCUT2D eigenvalue weighted by atomic mass is 35.5. The summed E-state index contributed by atoms with van der Waals surface area (Å²) < 4.78 is 22.3. The molecule has 28 heavy (non-hydrogen) atoms. The van der Waals surface area contributed by atoms with E-state index < -0.39 is 0 Å². The number of rotatable bonds is 5. The lowest BCUT2D eigenvalue weighted by Gasteiger charge is -2.13. The minimum atomic E-state index is -0.204. The lowest BCUT2D eigenvalue weighted by atomic mass is 10.2. The molecule has 0 atom stereocenters. The van der Waals surface area contributed by atoms with Crippen LogP contribution >= 0.6 is 11.6 Å². The Kier molecular flexibility index (Phi) is 5.05. The van der Waals surface area contributed by atoms with E-state index in [-0.39, 0.29) is 5.82 Å². The first kappa shape index (κ1) is 18.5. The zero-order chi connectivity index (χ0) is 19.7. The van der Waals surface area contributed by atoms with Gasteiger partial charge in [0.1, 0.15) is 23.9 Å². The van der Waals surface area contributed by atoms with Gasteiger partial charge in [-0.15, -0.1) is 0 Å². The molecule has 0 unspecified atom stereocenters. The van der Waals surface area contributed by atoms with Crippen LogP contribution in [-0.4, -0.2) is 9.55 Å². The molecule has 0 spiro atoms. The lowest BCUT2D eigenvalue weighted by Crippen LogP contribution is -2.07. The molecule has 0 aliphatic heterocycles. The van der Waals surface area contributed by atoms with E-state index in [9.17, 15) is 4.39 Å². The minimum Gasteiger partial charge on any atom is -0.487 e. The SMILES string of the molecule is Cc1c(C)n(Cc2ccccc2F)c2c(COc3ccc(Cl)cc3)nccc12. The fourth-order valence-electron chi connectivity index (χ4n) is 3.45. The molecule has 2 aromatic heterocycles. The summed E-state index contributed by atoms with van der Waals surface area (Å²) in [5.41, 5.74) is 4.71. The van der Waals surface area contributed by atoms with Crippen molar-refractivity contribution in [3.63, 3.8) is 0 Å². The van der Waals surface area contributed by atoms with Gasteiger partial charge < -0.3 is 9.30 Å². The Morgan fingerprint density at radius 3 is 2.54 bits per heavy atom. The lowest BCUT2D eigenvalue weighted by molar-refractivity contribution is 0.302. The second-order valence-corrected chi connectivity index (χ2v) is 7.22. The maximum absolute atomic E-state index is 14.3. The zero-order valence-electron chi connectivity index (χ0n) is 15.7. The predicted molar refractivity (Wildman–Crippen MR) is 110 cm³/mol. The highest BCUT2D eigenvalue weighted by Gasteiger charge is 2.17. The quantitative estimate of drug-likeness (QED) is 0.410. The van der Waals surface area contributed by atoms with Crippen molar-refractivity contribution in [3.8, 4) is 5.75 Å². The molecule has 0 bridgehead atoms. The number of pyridine rings is 1. The van der Waals surface area contributed by atoms with Gasteiger partial charge in [-0.2, -0.15) is 0 Å². The summed E-state index contributed by atoms with van der Waals surface area (Å²) in [6.45, 7) is 4.90. The van der Waals surface area contributed by atoms with E-state index in [1.165, 1.54) is 11.6 Å². The third kappa shape index (κ3) is 3.48. The summed E-state index contributed by atoms with van der Waals surface area (Å²) in [5.74, 6) is 0.521. The number of hydrogen-bond donors (Lipinski definition) is 0. The van der Waals surface area contributed by atoms with Gasteiger partial charge in [-0.05, 0) is 55.8 Å². The Bertz CT molecular complexity index is 1140. The maximum Gasteiger partial charge on any atom is 0.132 e. The van der Waals surface area contributed by atoms with E-state index in [0.29, 0.717) is 23.7 Å². The van der Waals surface area contributed by atoms with E-state index in [1.807, 2.05) is 30.3 Å². The highest BCUT2D eigenvalue weighted by Crippen LogP contribution is 2.29. The Hall–Kier alpha value is -2.85. The Labute approximate surface area is 168 Å². The summed E-state index contributed by atoms with van der Waals surface area (Å²) >= 11 is 5.94. The zero-order valence-corrected chi connectivity index (χ0v) is 16.5. The fraction of sp³-hybridized carbons (Fsp3) is 0.174. The van der Waals surface area contributed by atoms with Gasteiger partial charge in [-0.25, -0.2) is 4.39 Å². The summed E-state index contributed by atoms with van der Waals surface area (Å²) in [4.78, 5) is 4.55. The van der Waals surface area contributed by atoms with Crippen LogP contribution in [0.5, 0.6) is 5.75 Å². The van der Waals surface area contributed by atoms with E-state index >= 15 is 0 Å². The molecular weight excluding hydrogens is 375 g/mol. The molecule has 142 valence electrons. The molecule has 3 nitrogen and oxygen atoms in total. The molecule has 0 N–H and O–H groups in total. The van der Waals surface area contributed by atoms with Crippen molar-refractivity contribution < 1.29 is 9.13 Å². The fourth-order valence-corrected chi connectivity index (χ4v) is 3.57. The van der Waals surface area contributed by atoms with Crippen LogP contribution < -0.4 is 4.74 Å². The number of benzene rings is 2. The second-order valence-electron chi connectivity index (χ2n) is 6.78. The highest BCUT2D eigenvalue weighted by molar-refractivity contribution is 6.30. The van der Waals surface area contributed by atoms with Gasteiger partial charge in [0.05, 0.1) is 12.1 Å². The van der Waals surface area contributed by atoms with Crippen molar-refractivity contribution in [2.75, 3.05) is 0 Å². The Morgan fingerprint density at radius 1 is 1.04 bits per heavy atom. The topological polar surface area (TPSA) is 27.1 Å². The van der Waals surface area contributed by atoms with Crippen molar-refractivity contribution in [1.29, 1.82) is 0 Å². The summed E-state index contributed by atoms with van der Waals surface area (Å²) in [5, 5.41) is 1.77. The van der Waals surface area contributed by atoms with Crippen LogP contribution in [0.2, 0.25) is 5.02 Å². The molecule has 0 saturated heterocycles. The number of nitrogens with zero attached hydrogens (tertiary/aromatic N) is 2. The Balaban J connectivity index is 1.74. The van der Waals surface area contributed by atoms with Crippen molar-refractivity contribution in [2.45, 2.75) is 27.0 Å². The van der Waals surface area contributed by atoms with Gasteiger partial charge in [-0.1, -0.05) is 29.8 Å². The number of hydrogen-bond acceptors (Lipinski definition) is 2. The first-order chi connectivity index (χ1) is 13.5. The first-order valence-corrected chi connectivity index (χ1v) is 9.47. The van der Waals surface area contributed by atoms with Crippen molar-refractivity contribution in [3.05, 3.63) is 94.1 Å².